The molecule has 4 heteroatoms. The van der Waals surface area contributed by atoms with Gasteiger partial charge in [-0.2, -0.15) is 0 Å². The van der Waals surface area contributed by atoms with E-state index in [-0.39, 0.29) is 6.09 Å². The van der Waals surface area contributed by atoms with Gasteiger partial charge in [-0.1, -0.05) is 0 Å². The number of rotatable bonds is 5. The minimum Gasteiger partial charge on any atom is -0.450 e. The predicted molar refractivity (Wildman–Crippen MR) is 41.5 cm³/mol. The molecule has 0 atom stereocenters. The summed E-state index contributed by atoms with van der Waals surface area (Å²) >= 11 is 0. The Hall–Kier alpha value is -0.770. The monoisotopic (exact) mass is 161 g/mol. The third kappa shape index (κ3) is 7.12. The van der Waals surface area contributed by atoms with E-state index in [0.717, 1.165) is 6.42 Å². The van der Waals surface area contributed by atoms with Crippen molar-refractivity contribution < 1.29 is 14.3 Å². The fourth-order valence-electron chi connectivity index (χ4n) is 0.589. The summed E-state index contributed by atoms with van der Waals surface area (Å²) in [4.78, 5) is 10.6. The van der Waals surface area contributed by atoms with Crippen LogP contribution in [0, 0.1) is 0 Å². The summed E-state index contributed by atoms with van der Waals surface area (Å²) in [6.45, 7) is 3.45. The van der Waals surface area contributed by atoms with Crippen LogP contribution in [0.1, 0.15) is 13.3 Å². The average molecular weight is 161 g/mol. The highest BCUT2D eigenvalue weighted by molar-refractivity contribution is 5.66. The van der Waals surface area contributed by atoms with Crippen molar-refractivity contribution in [2.75, 3.05) is 26.9 Å². The lowest BCUT2D eigenvalue weighted by Gasteiger charge is -2.03. The molecule has 0 aromatic carbocycles. The van der Waals surface area contributed by atoms with E-state index in [1.807, 2.05) is 0 Å². The first-order chi connectivity index (χ1) is 5.31. The Morgan fingerprint density at radius 1 is 1.55 bits per heavy atom. The Kier molecular flexibility index (Phi) is 6.82. The molecule has 0 saturated carbocycles. The van der Waals surface area contributed by atoms with E-state index in [0.29, 0.717) is 19.8 Å². The molecule has 0 aliphatic carbocycles. The number of ether oxygens (including phenoxy) is 2. The van der Waals surface area contributed by atoms with Crippen molar-refractivity contribution in [1.29, 1.82) is 0 Å². The molecule has 0 rings (SSSR count). The second-order valence-corrected chi connectivity index (χ2v) is 1.99. The smallest absolute Gasteiger partial charge is 0.407 e. The number of amides is 1. The summed E-state index contributed by atoms with van der Waals surface area (Å²) in [5.74, 6) is 0. The molecule has 0 unspecified atom stereocenters. The first-order valence-electron chi connectivity index (χ1n) is 3.70. The molecule has 66 valence electrons. The van der Waals surface area contributed by atoms with Crippen molar-refractivity contribution in [2.45, 2.75) is 13.3 Å². The largest absolute Gasteiger partial charge is 0.450 e. The van der Waals surface area contributed by atoms with Crippen molar-refractivity contribution in [3.63, 3.8) is 0 Å². The van der Waals surface area contributed by atoms with Gasteiger partial charge in [-0.15, -0.1) is 0 Å². The maximum Gasteiger partial charge on any atom is 0.407 e. The molecular formula is C7H15NO3. The molecule has 0 bridgehead atoms. The minimum atomic E-state index is -0.358. The van der Waals surface area contributed by atoms with Crippen LogP contribution in [0.5, 0.6) is 0 Å². The highest BCUT2D eigenvalue weighted by atomic mass is 16.5. The van der Waals surface area contributed by atoms with Crippen molar-refractivity contribution in [2.24, 2.45) is 0 Å². The van der Waals surface area contributed by atoms with Crippen LogP contribution in [0.2, 0.25) is 0 Å². The lowest BCUT2D eigenvalue weighted by molar-refractivity contribution is 0.149. The van der Waals surface area contributed by atoms with Gasteiger partial charge < -0.3 is 14.8 Å². The zero-order valence-electron chi connectivity index (χ0n) is 7.05. The van der Waals surface area contributed by atoms with Gasteiger partial charge in [-0.3, -0.25) is 0 Å². The van der Waals surface area contributed by atoms with Crippen molar-refractivity contribution in [1.82, 2.24) is 5.32 Å². The number of nitrogens with one attached hydrogen (secondary N) is 1. The van der Waals surface area contributed by atoms with E-state index >= 15 is 0 Å². The van der Waals surface area contributed by atoms with E-state index in [2.05, 4.69) is 10.1 Å². The average Bonchev–Trinajstić information content (AvgIpc) is 1.99. The molecule has 4 nitrogen and oxygen atoms in total. The Morgan fingerprint density at radius 2 is 2.27 bits per heavy atom. The van der Waals surface area contributed by atoms with Gasteiger partial charge in [-0.25, -0.2) is 4.79 Å². The summed E-state index contributed by atoms with van der Waals surface area (Å²) in [6.07, 6.45) is 0.457. The Labute approximate surface area is 66.9 Å². The molecule has 0 saturated heterocycles. The number of carbonyl (C=O) groups excluding carboxylic acids is 1. The summed E-state index contributed by atoms with van der Waals surface area (Å²) in [6, 6.07) is 0. The van der Waals surface area contributed by atoms with Gasteiger partial charge >= 0.3 is 6.09 Å². The fourth-order valence-corrected chi connectivity index (χ4v) is 0.589. The highest BCUT2D eigenvalue weighted by Gasteiger charge is 1.96. The van der Waals surface area contributed by atoms with Crippen LogP contribution in [0.3, 0.4) is 0 Å². The maximum absolute atomic E-state index is 10.6. The van der Waals surface area contributed by atoms with E-state index < -0.39 is 0 Å². The van der Waals surface area contributed by atoms with Crippen molar-refractivity contribution >= 4 is 6.09 Å². The fraction of sp³-hybridized carbons (Fsp3) is 0.857. The van der Waals surface area contributed by atoms with Crippen LogP contribution in [-0.2, 0) is 9.47 Å². The van der Waals surface area contributed by atoms with E-state index in [1.54, 1.807) is 14.0 Å². The van der Waals surface area contributed by atoms with Crippen LogP contribution in [0.4, 0.5) is 4.79 Å². The lowest BCUT2D eigenvalue weighted by atomic mass is 10.4. The summed E-state index contributed by atoms with van der Waals surface area (Å²) in [5.41, 5.74) is 0. The second kappa shape index (κ2) is 7.34. The minimum absolute atomic E-state index is 0.358. The van der Waals surface area contributed by atoms with Gasteiger partial charge in [0, 0.05) is 20.3 Å². The zero-order chi connectivity index (χ0) is 8.53. The van der Waals surface area contributed by atoms with Gasteiger partial charge in [0.25, 0.3) is 0 Å². The number of methoxy groups -OCH3 is 1. The Bertz CT molecular complexity index is 106. The molecule has 0 aromatic heterocycles. The molecule has 0 fully saturated rings. The molecule has 1 amide bonds. The summed E-state index contributed by atoms with van der Waals surface area (Å²) in [5, 5.41) is 2.58. The van der Waals surface area contributed by atoms with Gasteiger partial charge in [0.15, 0.2) is 0 Å². The van der Waals surface area contributed by atoms with E-state index in [9.17, 15) is 4.79 Å². The highest BCUT2D eigenvalue weighted by Crippen LogP contribution is 1.79. The normalized spacial score (nSPS) is 9.27. The Balaban J connectivity index is 3.04. The quantitative estimate of drug-likeness (QED) is 0.606. The Morgan fingerprint density at radius 3 is 2.82 bits per heavy atom. The van der Waals surface area contributed by atoms with E-state index in [4.69, 9.17) is 4.74 Å². The molecule has 0 aliphatic heterocycles. The maximum atomic E-state index is 10.6. The van der Waals surface area contributed by atoms with Crippen molar-refractivity contribution in [3.05, 3.63) is 0 Å². The van der Waals surface area contributed by atoms with Crippen LogP contribution in [-0.4, -0.2) is 33.0 Å². The second-order valence-electron chi connectivity index (χ2n) is 1.99. The topological polar surface area (TPSA) is 47.6 Å². The van der Waals surface area contributed by atoms with Crippen LogP contribution < -0.4 is 5.32 Å². The third-order valence-corrected chi connectivity index (χ3v) is 1.07. The van der Waals surface area contributed by atoms with Crippen LogP contribution in [0.25, 0.3) is 0 Å². The zero-order valence-corrected chi connectivity index (χ0v) is 7.05. The molecule has 0 spiro atoms. The molecular weight excluding hydrogens is 146 g/mol. The predicted octanol–water partition coefficient (Wildman–Crippen LogP) is 0.769. The third-order valence-electron chi connectivity index (χ3n) is 1.07. The molecule has 1 N–H and O–H groups in total. The van der Waals surface area contributed by atoms with Crippen LogP contribution >= 0.6 is 0 Å². The summed E-state index contributed by atoms with van der Waals surface area (Å²) < 4.78 is 9.42. The molecule has 0 aliphatic rings. The van der Waals surface area contributed by atoms with E-state index in [1.165, 1.54) is 0 Å². The number of alkyl carbamates (subject to hydrolysis) is 1. The standard InChI is InChI=1S/C7H15NO3/c1-3-11-7(9)8-5-4-6-10-2/h3-6H2,1-2H3,(H,8,9). The molecule has 11 heavy (non-hydrogen) atoms. The number of carbonyl (C=O) groups is 1. The number of hydrogen-bond acceptors (Lipinski definition) is 3. The van der Waals surface area contributed by atoms with Crippen molar-refractivity contribution in [3.8, 4) is 0 Å². The molecule has 0 aromatic rings. The SMILES string of the molecule is CCOC(=O)NCCCOC. The van der Waals surface area contributed by atoms with Gasteiger partial charge in [-0.05, 0) is 13.3 Å². The molecule has 0 heterocycles. The first kappa shape index (κ1) is 10.2. The lowest BCUT2D eigenvalue weighted by Crippen LogP contribution is -2.25. The van der Waals surface area contributed by atoms with Gasteiger partial charge in [0.1, 0.15) is 0 Å². The van der Waals surface area contributed by atoms with Gasteiger partial charge in [0.05, 0.1) is 6.61 Å². The first-order valence-corrected chi connectivity index (χ1v) is 3.70. The van der Waals surface area contributed by atoms with Crippen LogP contribution in [0.15, 0.2) is 0 Å². The molecule has 0 radical (unpaired) electrons. The van der Waals surface area contributed by atoms with Gasteiger partial charge in [0.2, 0.25) is 0 Å². The summed E-state index contributed by atoms with van der Waals surface area (Å²) in [7, 11) is 1.63. The number of hydrogen-bond donors (Lipinski definition) is 1.